The van der Waals surface area contributed by atoms with E-state index in [2.05, 4.69) is 20.9 Å². The van der Waals surface area contributed by atoms with Crippen molar-refractivity contribution in [1.29, 1.82) is 0 Å². The first kappa shape index (κ1) is 12.4. The number of nitrogens with zero attached hydrogens (tertiary/aromatic N) is 2. The number of pyridine rings is 1. The maximum atomic E-state index is 11.9. The van der Waals surface area contributed by atoms with E-state index in [1.165, 1.54) is 0 Å². The Morgan fingerprint density at radius 3 is 2.88 bits per heavy atom. The molecule has 0 aliphatic heterocycles. The molecule has 0 bridgehead atoms. The molecule has 0 atom stereocenters. The zero-order chi connectivity index (χ0) is 12.3. The fourth-order valence-corrected chi connectivity index (χ4v) is 1.93. The number of carbonyl (C=O) groups excluding carboxylic acids is 1. The monoisotopic (exact) mass is 298 g/mol. The number of aromatic nitrogens is 1. The number of likely N-dealkylation sites (N-methyl/N-ethyl adjacent to an activating group) is 1. The first-order valence-electron chi connectivity index (χ1n) is 5.74. The van der Waals surface area contributed by atoms with Gasteiger partial charge in [-0.3, -0.25) is 4.79 Å². The average molecular weight is 299 g/mol. The van der Waals surface area contributed by atoms with Crippen molar-refractivity contribution in [3.63, 3.8) is 0 Å². The predicted molar refractivity (Wildman–Crippen MR) is 67.8 cm³/mol. The fourth-order valence-electron chi connectivity index (χ4n) is 1.70. The summed E-state index contributed by atoms with van der Waals surface area (Å²) >= 11 is 3.25. The fraction of sp³-hybridized carbons (Fsp3) is 0.500. The summed E-state index contributed by atoms with van der Waals surface area (Å²) in [7, 11) is 0. The van der Waals surface area contributed by atoms with Crippen molar-refractivity contribution >= 4 is 21.8 Å². The van der Waals surface area contributed by atoms with E-state index in [1.54, 1.807) is 18.3 Å². The number of ether oxygens (including phenoxy) is 1. The molecule has 1 aromatic heterocycles. The maximum absolute atomic E-state index is 11.9. The van der Waals surface area contributed by atoms with Gasteiger partial charge in [0.1, 0.15) is 10.4 Å². The summed E-state index contributed by atoms with van der Waals surface area (Å²) in [6.07, 6.45) is 3.85. The molecule has 0 aromatic carbocycles. The maximum Gasteiger partial charge on any atom is 0.260 e. The summed E-state index contributed by atoms with van der Waals surface area (Å²) < 4.78 is 6.16. The van der Waals surface area contributed by atoms with Gasteiger partial charge < -0.3 is 9.64 Å². The molecule has 1 saturated carbocycles. The molecule has 0 radical (unpaired) electrons. The Bertz CT molecular complexity index is 390. The van der Waals surface area contributed by atoms with Gasteiger partial charge in [-0.2, -0.15) is 0 Å². The largest absolute Gasteiger partial charge is 0.482 e. The molecule has 1 aromatic rings. The zero-order valence-corrected chi connectivity index (χ0v) is 11.3. The Balaban J connectivity index is 1.84. The Kier molecular flexibility index (Phi) is 3.99. The first-order chi connectivity index (χ1) is 8.20. The summed E-state index contributed by atoms with van der Waals surface area (Å²) in [6, 6.07) is 4.02. The zero-order valence-electron chi connectivity index (χ0n) is 9.73. The van der Waals surface area contributed by atoms with E-state index in [1.807, 2.05) is 11.8 Å². The van der Waals surface area contributed by atoms with E-state index in [-0.39, 0.29) is 12.5 Å². The van der Waals surface area contributed by atoms with E-state index in [4.69, 9.17) is 4.74 Å². The van der Waals surface area contributed by atoms with Crippen LogP contribution in [0.3, 0.4) is 0 Å². The normalized spacial score (nSPS) is 14.5. The highest BCUT2D eigenvalue weighted by Crippen LogP contribution is 2.26. The molecular formula is C12H15BrN2O2. The molecule has 5 heteroatoms. The minimum absolute atomic E-state index is 0.0536. The smallest absolute Gasteiger partial charge is 0.260 e. The summed E-state index contributed by atoms with van der Waals surface area (Å²) in [5.74, 6) is 0.673. The third kappa shape index (κ3) is 3.43. The van der Waals surface area contributed by atoms with Crippen LogP contribution < -0.4 is 4.74 Å². The van der Waals surface area contributed by atoms with Gasteiger partial charge in [-0.1, -0.05) is 0 Å². The van der Waals surface area contributed by atoms with Crippen molar-refractivity contribution in [3.05, 3.63) is 22.9 Å². The van der Waals surface area contributed by atoms with Crippen LogP contribution in [0.5, 0.6) is 5.75 Å². The van der Waals surface area contributed by atoms with Gasteiger partial charge in [0.25, 0.3) is 5.91 Å². The van der Waals surface area contributed by atoms with E-state index in [0.717, 1.165) is 24.0 Å². The predicted octanol–water partition coefficient (Wildman–Crippen LogP) is 2.23. The lowest BCUT2D eigenvalue weighted by atomic mass is 10.4. The molecule has 0 saturated heterocycles. The van der Waals surface area contributed by atoms with Gasteiger partial charge in [0, 0.05) is 12.6 Å². The number of hydrogen-bond donors (Lipinski definition) is 0. The van der Waals surface area contributed by atoms with Gasteiger partial charge >= 0.3 is 0 Å². The summed E-state index contributed by atoms with van der Waals surface area (Å²) in [5.41, 5.74) is 0. The topological polar surface area (TPSA) is 42.4 Å². The molecule has 1 fully saturated rings. The molecule has 2 rings (SSSR count). The van der Waals surface area contributed by atoms with Crippen LogP contribution in [-0.2, 0) is 4.79 Å². The minimum Gasteiger partial charge on any atom is -0.482 e. The number of carbonyl (C=O) groups is 1. The molecule has 4 nitrogen and oxygen atoms in total. The molecule has 1 aliphatic rings. The van der Waals surface area contributed by atoms with E-state index in [9.17, 15) is 4.79 Å². The lowest BCUT2D eigenvalue weighted by molar-refractivity contribution is -0.133. The lowest BCUT2D eigenvalue weighted by Crippen LogP contribution is -2.36. The van der Waals surface area contributed by atoms with E-state index in [0.29, 0.717) is 11.8 Å². The van der Waals surface area contributed by atoms with Crippen molar-refractivity contribution in [3.8, 4) is 5.75 Å². The average Bonchev–Trinajstić information content (AvgIpc) is 3.14. The molecule has 1 amide bonds. The highest BCUT2D eigenvalue weighted by Gasteiger charge is 2.31. The van der Waals surface area contributed by atoms with Gasteiger partial charge in [-0.15, -0.1) is 0 Å². The van der Waals surface area contributed by atoms with Crippen molar-refractivity contribution in [1.82, 2.24) is 9.88 Å². The molecular weight excluding hydrogens is 284 g/mol. The molecule has 1 heterocycles. The highest BCUT2D eigenvalue weighted by atomic mass is 79.9. The standard InChI is InChI=1S/C12H15BrN2O2/c1-2-15(9-3-4-9)12(16)8-17-10-5-6-11(13)14-7-10/h5-7,9H,2-4,8H2,1H3. The number of amides is 1. The SMILES string of the molecule is CCN(C(=O)COc1ccc(Br)nc1)C1CC1. The third-order valence-electron chi connectivity index (χ3n) is 2.71. The quantitative estimate of drug-likeness (QED) is 0.783. The van der Waals surface area contributed by atoms with E-state index < -0.39 is 0 Å². The second kappa shape index (κ2) is 5.49. The summed E-state index contributed by atoms with van der Waals surface area (Å²) in [6.45, 7) is 2.84. The number of halogens is 1. The minimum atomic E-state index is 0.0536. The Morgan fingerprint density at radius 2 is 2.35 bits per heavy atom. The van der Waals surface area contributed by atoms with Crippen LogP contribution >= 0.6 is 15.9 Å². The second-order valence-electron chi connectivity index (χ2n) is 4.02. The Morgan fingerprint density at radius 1 is 1.59 bits per heavy atom. The van der Waals surface area contributed by atoms with Gasteiger partial charge in [0.05, 0.1) is 6.20 Å². The van der Waals surface area contributed by atoms with Crippen LogP contribution in [0.15, 0.2) is 22.9 Å². The summed E-state index contributed by atoms with van der Waals surface area (Å²) in [4.78, 5) is 17.8. The lowest BCUT2D eigenvalue weighted by Gasteiger charge is -2.20. The first-order valence-corrected chi connectivity index (χ1v) is 6.54. The van der Waals surface area contributed by atoms with Crippen LogP contribution in [0.25, 0.3) is 0 Å². The van der Waals surface area contributed by atoms with Gasteiger partial charge in [0.2, 0.25) is 0 Å². The number of hydrogen-bond acceptors (Lipinski definition) is 3. The molecule has 1 aliphatic carbocycles. The van der Waals surface area contributed by atoms with Crippen molar-refractivity contribution in [2.24, 2.45) is 0 Å². The van der Waals surface area contributed by atoms with Gasteiger partial charge in [-0.25, -0.2) is 4.98 Å². The molecule has 0 N–H and O–H groups in total. The van der Waals surface area contributed by atoms with Gasteiger partial charge in [0.15, 0.2) is 6.61 Å². The Hall–Kier alpha value is -1.10. The second-order valence-corrected chi connectivity index (χ2v) is 4.83. The Labute approximate surface area is 109 Å². The van der Waals surface area contributed by atoms with Crippen molar-refractivity contribution in [2.45, 2.75) is 25.8 Å². The van der Waals surface area contributed by atoms with Crippen molar-refractivity contribution < 1.29 is 9.53 Å². The molecule has 0 spiro atoms. The molecule has 17 heavy (non-hydrogen) atoms. The summed E-state index contributed by atoms with van der Waals surface area (Å²) in [5, 5.41) is 0. The van der Waals surface area contributed by atoms with E-state index >= 15 is 0 Å². The van der Waals surface area contributed by atoms with Crippen LogP contribution in [-0.4, -0.2) is 35.0 Å². The molecule has 92 valence electrons. The highest BCUT2D eigenvalue weighted by molar-refractivity contribution is 9.10. The van der Waals surface area contributed by atoms with Crippen LogP contribution in [0.4, 0.5) is 0 Å². The van der Waals surface area contributed by atoms with Crippen molar-refractivity contribution in [2.75, 3.05) is 13.2 Å². The van der Waals surface area contributed by atoms with Crippen LogP contribution in [0, 0.1) is 0 Å². The van der Waals surface area contributed by atoms with Gasteiger partial charge in [-0.05, 0) is 47.8 Å². The van der Waals surface area contributed by atoms with Crippen LogP contribution in [0.2, 0.25) is 0 Å². The third-order valence-corrected chi connectivity index (χ3v) is 3.18. The van der Waals surface area contributed by atoms with Crippen LogP contribution in [0.1, 0.15) is 19.8 Å². The molecule has 0 unspecified atom stereocenters. The number of rotatable bonds is 5.